The van der Waals surface area contributed by atoms with Crippen LogP contribution >= 0.6 is 24.8 Å². The van der Waals surface area contributed by atoms with Crippen molar-refractivity contribution < 1.29 is 4.79 Å². The fraction of sp³-hybridized carbons (Fsp3) is 0.294. The highest BCUT2D eigenvalue weighted by atomic mass is 35.5. The van der Waals surface area contributed by atoms with Crippen molar-refractivity contribution in [1.82, 2.24) is 4.98 Å². The van der Waals surface area contributed by atoms with E-state index in [1.807, 2.05) is 51.1 Å². The van der Waals surface area contributed by atoms with Crippen molar-refractivity contribution in [1.29, 1.82) is 0 Å². The molecule has 1 aromatic carbocycles. The molecule has 2 unspecified atom stereocenters. The number of nitrogens with zero attached hydrogens (tertiary/aromatic N) is 1. The number of nitrogens with one attached hydrogen (secondary N) is 1. The Balaban J connectivity index is 0.00000242. The van der Waals surface area contributed by atoms with E-state index >= 15 is 0 Å². The van der Waals surface area contributed by atoms with Crippen molar-refractivity contribution in [3.05, 3.63) is 48.3 Å². The molecule has 0 aliphatic carbocycles. The molecule has 1 amide bonds. The lowest BCUT2D eigenvalue weighted by Crippen LogP contribution is -2.34. The Hall–Kier alpha value is -1.62. The van der Waals surface area contributed by atoms with Gasteiger partial charge in [0.2, 0.25) is 5.91 Å². The van der Waals surface area contributed by atoms with Crippen LogP contribution in [0.3, 0.4) is 0 Å². The van der Waals surface area contributed by atoms with E-state index < -0.39 is 0 Å². The van der Waals surface area contributed by atoms with Gasteiger partial charge in [-0.05, 0) is 48.7 Å². The van der Waals surface area contributed by atoms with Gasteiger partial charge in [-0.2, -0.15) is 0 Å². The zero-order chi connectivity index (χ0) is 15.4. The summed E-state index contributed by atoms with van der Waals surface area (Å²) in [6, 6.07) is 9.74. The topological polar surface area (TPSA) is 68.0 Å². The number of halogens is 2. The second-order valence-electron chi connectivity index (χ2n) is 5.40. The molecule has 0 saturated heterocycles. The maximum absolute atomic E-state index is 12.2. The Morgan fingerprint density at radius 1 is 1.09 bits per heavy atom. The van der Waals surface area contributed by atoms with E-state index in [1.54, 1.807) is 12.4 Å². The summed E-state index contributed by atoms with van der Waals surface area (Å²) in [7, 11) is 0. The minimum absolute atomic E-state index is 0. The van der Waals surface area contributed by atoms with Gasteiger partial charge in [-0.1, -0.05) is 19.1 Å². The standard InChI is InChI=1S/C17H21N3O.2ClH/c1-11-4-5-15(14-6-8-19-9-7-14)10-16(11)20-17(21)12(2)13(3)18;;/h4-10,12-13H,18H2,1-3H3,(H,20,21);2*1H. The summed E-state index contributed by atoms with van der Waals surface area (Å²) >= 11 is 0. The average molecular weight is 356 g/mol. The van der Waals surface area contributed by atoms with E-state index in [-0.39, 0.29) is 42.7 Å². The Bertz CT molecular complexity index is 633. The number of hydrogen-bond acceptors (Lipinski definition) is 3. The largest absolute Gasteiger partial charge is 0.327 e. The van der Waals surface area contributed by atoms with Crippen molar-refractivity contribution in [2.75, 3.05) is 5.32 Å². The lowest BCUT2D eigenvalue weighted by molar-refractivity contribution is -0.119. The quantitative estimate of drug-likeness (QED) is 0.875. The van der Waals surface area contributed by atoms with Gasteiger partial charge in [0.05, 0.1) is 5.92 Å². The zero-order valence-corrected chi connectivity index (χ0v) is 15.1. The van der Waals surface area contributed by atoms with Gasteiger partial charge in [0.15, 0.2) is 0 Å². The fourth-order valence-electron chi connectivity index (χ4n) is 1.97. The normalized spacial score (nSPS) is 12.3. The van der Waals surface area contributed by atoms with Gasteiger partial charge in [0.1, 0.15) is 0 Å². The summed E-state index contributed by atoms with van der Waals surface area (Å²) in [5.41, 5.74) is 9.75. The third-order valence-corrected chi connectivity index (χ3v) is 3.71. The van der Waals surface area contributed by atoms with E-state index in [2.05, 4.69) is 10.3 Å². The number of aromatic nitrogens is 1. The van der Waals surface area contributed by atoms with Gasteiger partial charge in [-0.15, -0.1) is 24.8 Å². The van der Waals surface area contributed by atoms with Gasteiger partial charge in [0.25, 0.3) is 0 Å². The molecule has 3 N–H and O–H groups in total. The molecule has 0 spiro atoms. The number of hydrogen-bond donors (Lipinski definition) is 2. The van der Waals surface area contributed by atoms with Crippen LogP contribution in [0, 0.1) is 12.8 Å². The SMILES string of the molecule is Cc1ccc(-c2ccncc2)cc1NC(=O)C(C)C(C)N.Cl.Cl. The molecule has 2 atom stereocenters. The molecule has 0 fully saturated rings. The molecule has 2 aromatic rings. The van der Waals surface area contributed by atoms with Crippen molar-refractivity contribution in [2.45, 2.75) is 26.8 Å². The Labute approximate surface area is 149 Å². The van der Waals surface area contributed by atoms with Crippen molar-refractivity contribution in [2.24, 2.45) is 11.7 Å². The van der Waals surface area contributed by atoms with E-state index in [1.165, 1.54) is 0 Å². The minimum atomic E-state index is -0.228. The molecule has 0 aliphatic heterocycles. The number of benzene rings is 1. The summed E-state index contributed by atoms with van der Waals surface area (Å²) in [5, 5.41) is 2.97. The van der Waals surface area contributed by atoms with Crippen molar-refractivity contribution >= 4 is 36.4 Å². The summed E-state index contributed by atoms with van der Waals surface area (Å²) in [4.78, 5) is 16.2. The maximum atomic E-state index is 12.2. The number of anilines is 1. The third kappa shape index (κ3) is 5.50. The molecule has 6 heteroatoms. The van der Waals surface area contributed by atoms with E-state index in [0.717, 1.165) is 22.4 Å². The molecule has 1 heterocycles. The smallest absolute Gasteiger partial charge is 0.228 e. The summed E-state index contributed by atoms with van der Waals surface area (Å²) in [6.45, 7) is 5.65. The van der Waals surface area contributed by atoms with Crippen LogP contribution < -0.4 is 11.1 Å². The van der Waals surface area contributed by atoms with Gasteiger partial charge in [-0.25, -0.2) is 0 Å². The number of aryl methyl sites for hydroxylation is 1. The first kappa shape index (κ1) is 21.4. The first-order chi connectivity index (χ1) is 9.99. The highest BCUT2D eigenvalue weighted by molar-refractivity contribution is 5.94. The molecule has 0 saturated carbocycles. The lowest BCUT2D eigenvalue weighted by atomic mass is 10.0. The minimum Gasteiger partial charge on any atom is -0.327 e. The van der Waals surface area contributed by atoms with Crippen LogP contribution in [0.5, 0.6) is 0 Å². The monoisotopic (exact) mass is 355 g/mol. The zero-order valence-electron chi connectivity index (χ0n) is 13.4. The molecule has 23 heavy (non-hydrogen) atoms. The summed E-state index contributed by atoms with van der Waals surface area (Å²) < 4.78 is 0. The first-order valence-electron chi connectivity index (χ1n) is 7.06. The van der Waals surface area contributed by atoms with Crippen LogP contribution in [-0.4, -0.2) is 16.9 Å². The average Bonchev–Trinajstić information content (AvgIpc) is 2.49. The highest BCUT2D eigenvalue weighted by Gasteiger charge is 2.17. The molecular weight excluding hydrogens is 333 g/mol. The number of pyridine rings is 1. The van der Waals surface area contributed by atoms with Gasteiger partial charge < -0.3 is 11.1 Å². The van der Waals surface area contributed by atoms with Crippen molar-refractivity contribution in [3.63, 3.8) is 0 Å². The number of amides is 1. The Morgan fingerprint density at radius 2 is 1.70 bits per heavy atom. The van der Waals surface area contributed by atoms with Crippen LogP contribution in [0.15, 0.2) is 42.7 Å². The van der Waals surface area contributed by atoms with Gasteiger partial charge in [0, 0.05) is 24.1 Å². The number of carbonyl (C=O) groups is 1. The predicted octanol–water partition coefficient (Wildman–Crippen LogP) is 3.82. The Kier molecular flexibility index (Phi) is 8.83. The molecule has 0 radical (unpaired) electrons. The van der Waals surface area contributed by atoms with E-state index in [0.29, 0.717) is 0 Å². The maximum Gasteiger partial charge on any atom is 0.228 e. The second kappa shape index (κ2) is 9.50. The van der Waals surface area contributed by atoms with Crippen LogP contribution in [0.2, 0.25) is 0 Å². The molecule has 0 aliphatic rings. The fourth-order valence-corrected chi connectivity index (χ4v) is 1.97. The highest BCUT2D eigenvalue weighted by Crippen LogP contribution is 2.25. The number of nitrogens with two attached hydrogens (primary N) is 1. The van der Waals surface area contributed by atoms with Crippen LogP contribution in [0.4, 0.5) is 5.69 Å². The molecular formula is C17H23Cl2N3O. The van der Waals surface area contributed by atoms with Gasteiger partial charge >= 0.3 is 0 Å². The molecule has 2 rings (SSSR count). The number of rotatable bonds is 4. The molecule has 4 nitrogen and oxygen atoms in total. The van der Waals surface area contributed by atoms with Gasteiger partial charge in [-0.3, -0.25) is 9.78 Å². The molecule has 0 bridgehead atoms. The predicted molar refractivity (Wildman–Crippen MR) is 100 cm³/mol. The number of carbonyl (C=O) groups excluding carboxylic acids is 1. The Morgan fingerprint density at radius 3 is 2.26 bits per heavy atom. The van der Waals surface area contributed by atoms with E-state index in [4.69, 9.17) is 5.73 Å². The van der Waals surface area contributed by atoms with Crippen LogP contribution in [0.1, 0.15) is 19.4 Å². The summed E-state index contributed by atoms with van der Waals surface area (Å²) in [6.07, 6.45) is 3.51. The third-order valence-electron chi connectivity index (χ3n) is 3.71. The lowest BCUT2D eigenvalue weighted by Gasteiger charge is -2.17. The summed E-state index contributed by atoms with van der Waals surface area (Å²) in [5.74, 6) is -0.283. The first-order valence-corrected chi connectivity index (χ1v) is 7.06. The van der Waals surface area contributed by atoms with Crippen LogP contribution in [0.25, 0.3) is 11.1 Å². The second-order valence-corrected chi connectivity index (χ2v) is 5.40. The van der Waals surface area contributed by atoms with Crippen molar-refractivity contribution in [3.8, 4) is 11.1 Å². The van der Waals surface area contributed by atoms with E-state index in [9.17, 15) is 4.79 Å². The molecule has 126 valence electrons. The van der Waals surface area contributed by atoms with Crippen LogP contribution in [-0.2, 0) is 4.79 Å². The molecule has 1 aromatic heterocycles.